The number of fused-ring (bicyclic) bond motifs is 1. The Morgan fingerprint density at radius 1 is 1.26 bits per heavy atom. The van der Waals surface area contributed by atoms with Gasteiger partial charge in [0.1, 0.15) is 5.82 Å². The Balaban J connectivity index is 1.38. The number of rotatable bonds is 4. The van der Waals surface area contributed by atoms with Crippen LogP contribution < -0.4 is 10.6 Å². The molecule has 1 aliphatic rings. The van der Waals surface area contributed by atoms with E-state index in [2.05, 4.69) is 15.7 Å². The van der Waals surface area contributed by atoms with Crippen LogP contribution in [-0.2, 0) is 6.54 Å². The minimum absolute atomic E-state index is 0.184. The number of hydrogen-bond donors (Lipinski definition) is 2. The van der Waals surface area contributed by atoms with E-state index >= 15 is 0 Å². The third-order valence-corrected chi connectivity index (χ3v) is 5.55. The molecule has 27 heavy (non-hydrogen) atoms. The number of nitrogens with zero attached hydrogens (tertiary/aromatic N) is 2. The molecular formula is C20H19FN4OS. The Labute approximate surface area is 161 Å². The maximum absolute atomic E-state index is 13.6. The van der Waals surface area contributed by atoms with Gasteiger partial charge >= 0.3 is 6.03 Å². The third kappa shape index (κ3) is 4.31. The van der Waals surface area contributed by atoms with E-state index in [9.17, 15) is 9.18 Å². The van der Waals surface area contributed by atoms with E-state index in [0.29, 0.717) is 12.2 Å². The zero-order chi connectivity index (χ0) is 18.6. The van der Waals surface area contributed by atoms with Gasteiger partial charge in [-0.3, -0.25) is 4.68 Å². The van der Waals surface area contributed by atoms with Gasteiger partial charge in [-0.05, 0) is 53.9 Å². The maximum atomic E-state index is 13.6. The summed E-state index contributed by atoms with van der Waals surface area (Å²) in [6, 6.07) is 13.8. The molecule has 0 saturated carbocycles. The number of urea groups is 1. The molecule has 3 aromatic rings. The van der Waals surface area contributed by atoms with E-state index in [1.165, 1.54) is 12.1 Å². The van der Waals surface area contributed by atoms with Crippen LogP contribution in [0, 0.1) is 5.82 Å². The summed E-state index contributed by atoms with van der Waals surface area (Å²) in [7, 11) is 0. The summed E-state index contributed by atoms with van der Waals surface area (Å²) in [5.74, 6) is 0.613. The molecule has 2 heterocycles. The lowest BCUT2D eigenvalue weighted by Gasteiger charge is -2.26. The van der Waals surface area contributed by atoms with Crippen molar-refractivity contribution in [2.24, 2.45) is 0 Å². The number of carbonyl (C=O) groups excluding carboxylic acids is 1. The molecule has 7 heteroatoms. The van der Waals surface area contributed by atoms with Crippen molar-refractivity contribution >= 4 is 23.5 Å². The van der Waals surface area contributed by atoms with Crippen molar-refractivity contribution < 1.29 is 9.18 Å². The molecule has 0 fully saturated rings. The van der Waals surface area contributed by atoms with Gasteiger partial charge in [-0.25, -0.2) is 9.18 Å². The van der Waals surface area contributed by atoms with E-state index in [0.717, 1.165) is 28.2 Å². The van der Waals surface area contributed by atoms with Crippen molar-refractivity contribution in [2.45, 2.75) is 23.9 Å². The molecule has 2 aromatic carbocycles. The number of nitrogens with one attached hydrogen (secondary N) is 2. The Bertz CT molecular complexity index is 928. The van der Waals surface area contributed by atoms with Gasteiger partial charge in [-0.15, -0.1) is 11.8 Å². The number of thioether (sulfide) groups is 1. The van der Waals surface area contributed by atoms with Gasteiger partial charge in [0.15, 0.2) is 0 Å². The molecular weight excluding hydrogens is 363 g/mol. The Morgan fingerprint density at radius 3 is 2.89 bits per heavy atom. The van der Waals surface area contributed by atoms with Crippen molar-refractivity contribution in [3.05, 3.63) is 77.9 Å². The Hall–Kier alpha value is -2.80. The summed E-state index contributed by atoms with van der Waals surface area (Å²) in [6.07, 6.45) is 4.42. The molecule has 1 unspecified atom stereocenters. The summed E-state index contributed by atoms with van der Waals surface area (Å²) in [6.45, 7) is 0.682. The minimum atomic E-state index is -0.290. The average molecular weight is 382 g/mol. The third-order valence-electron chi connectivity index (χ3n) is 4.43. The van der Waals surface area contributed by atoms with Gasteiger partial charge in [0.2, 0.25) is 0 Å². The number of anilines is 1. The maximum Gasteiger partial charge on any atom is 0.319 e. The highest BCUT2D eigenvalue weighted by Crippen LogP contribution is 2.36. The molecule has 0 spiro atoms. The lowest BCUT2D eigenvalue weighted by molar-refractivity contribution is 0.248. The Morgan fingerprint density at radius 2 is 2.11 bits per heavy atom. The van der Waals surface area contributed by atoms with E-state index in [-0.39, 0.29) is 17.9 Å². The molecule has 2 amide bonds. The van der Waals surface area contributed by atoms with Gasteiger partial charge in [-0.1, -0.05) is 12.1 Å². The molecule has 0 bridgehead atoms. The summed E-state index contributed by atoms with van der Waals surface area (Å²) >= 11 is 1.69. The van der Waals surface area contributed by atoms with E-state index < -0.39 is 0 Å². The smallest absolute Gasteiger partial charge is 0.319 e. The fraction of sp³-hybridized carbons (Fsp3) is 0.200. The molecule has 1 atom stereocenters. The molecule has 2 N–H and O–H groups in total. The molecule has 0 aliphatic carbocycles. The molecule has 138 valence electrons. The van der Waals surface area contributed by atoms with Gasteiger partial charge in [0.25, 0.3) is 0 Å². The number of hydrogen-bond acceptors (Lipinski definition) is 3. The fourth-order valence-corrected chi connectivity index (χ4v) is 4.22. The highest BCUT2D eigenvalue weighted by molar-refractivity contribution is 7.99. The van der Waals surface area contributed by atoms with Crippen LogP contribution in [0.25, 0.3) is 0 Å². The molecule has 5 nitrogen and oxygen atoms in total. The monoisotopic (exact) mass is 382 g/mol. The van der Waals surface area contributed by atoms with Crippen LogP contribution in [0.2, 0.25) is 0 Å². The second kappa shape index (κ2) is 7.84. The summed E-state index contributed by atoms with van der Waals surface area (Å²) < 4.78 is 15.4. The number of carbonyl (C=O) groups is 1. The van der Waals surface area contributed by atoms with Gasteiger partial charge in [-0.2, -0.15) is 5.10 Å². The first kappa shape index (κ1) is 17.6. The molecule has 4 rings (SSSR count). The van der Waals surface area contributed by atoms with Crippen LogP contribution in [0.5, 0.6) is 0 Å². The average Bonchev–Trinajstić information content (AvgIpc) is 3.17. The van der Waals surface area contributed by atoms with Gasteiger partial charge < -0.3 is 10.6 Å². The van der Waals surface area contributed by atoms with Crippen molar-refractivity contribution in [1.29, 1.82) is 0 Å². The normalized spacial score (nSPS) is 15.8. The molecule has 1 aliphatic heterocycles. The number of aromatic nitrogens is 2. The molecule has 0 radical (unpaired) electrons. The van der Waals surface area contributed by atoms with Crippen LogP contribution >= 0.6 is 11.8 Å². The highest BCUT2D eigenvalue weighted by atomic mass is 32.2. The highest BCUT2D eigenvalue weighted by Gasteiger charge is 2.22. The number of amides is 2. The zero-order valence-corrected chi connectivity index (χ0v) is 15.4. The SMILES string of the molecule is O=C(Nc1ccc(Cn2cccn2)cc1)NC1CCSc2ccc(F)cc21. The van der Waals surface area contributed by atoms with Crippen LogP contribution in [0.1, 0.15) is 23.6 Å². The predicted octanol–water partition coefficient (Wildman–Crippen LogP) is 4.43. The first-order valence-electron chi connectivity index (χ1n) is 8.73. The number of benzene rings is 2. The first-order chi connectivity index (χ1) is 13.2. The summed E-state index contributed by atoms with van der Waals surface area (Å²) in [5.41, 5.74) is 2.65. The van der Waals surface area contributed by atoms with Crippen molar-refractivity contribution in [3.63, 3.8) is 0 Å². The van der Waals surface area contributed by atoms with Crippen molar-refractivity contribution in [1.82, 2.24) is 15.1 Å². The number of halogens is 1. The lowest BCUT2D eigenvalue weighted by atomic mass is 10.0. The predicted molar refractivity (Wildman–Crippen MR) is 104 cm³/mol. The van der Waals surface area contributed by atoms with Crippen molar-refractivity contribution in [3.8, 4) is 0 Å². The molecule has 1 aromatic heterocycles. The van der Waals surface area contributed by atoms with E-state index in [4.69, 9.17) is 0 Å². The zero-order valence-electron chi connectivity index (χ0n) is 14.6. The van der Waals surface area contributed by atoms with Crippen LogP contribution in [-0.4, -0.2) is 21.6 Å². The Kier molecular flexibility index (Phi) is 5.11. The van der Waals surface area contributed by atoms with Gasteiger partial charge in [0.05, 0.1) is 12.6 Å². The van der Waals surface area contributed by atoms with Crippen LogP contribution in [0.4, 0.5) is 14.9 Å². The minimum Gasteiger partial charge on any atom is -0.331 e. The first-order valence-corrected chi connectivity index (χ1v) is 9.72. The summed E-state index contributed by atoms with van der Waals surface area (Å²) in [5, 5.41) is 9.99. The largest absolute Gasteiger partial charge is 0.331 e. The van der Waals surface area contributed by atoms with E-state index in [1.54, 1.807) is 24.0 Å². The second-order valence-corrected chi connectivity index (χ2v) is 7.51. The lowest BCUT2D eigenvalue weighted by Crippen LogP contribution is -2.34. The van der Waals surface area contributed by atoms with E-state index in [1.807, 2.05) is 41.2 Å². The quantitative estimate of drug-likeness (QED) is 0.702. The van der Waals surface area contributed by atoms with Crippen molar-refractivity contribution in [2.75, 3.05) is 11.1 Å². The summed E-state index contributed by atoms with van der Waals surface area (Å²) in [4.78, 5) is 13.4. The van der Waals surface area contributed by atoms with Gasteiger partial charge in [0, 0.05) is 28.7 Å². The standard InChI is InChI=1S/C20H19FN4OS/c21-15-4-7-19-17(12-15)18(8-11-27-19)24-20(26)23-16-5-2-14(3-6-16)13-25-10-1-9-22-25/h1-7,9-10,12,18H,8,11,13H2,(H2,23,24,26). The second-order valence-electron chi connectivity index (χ2n) is 6.37. The van der Waals surface area contributed by atoms with Crippen LogP contribution in [0.3, 0.4) is 0 Å². The molecule has 0 saturated heterocycles. The topological polar surface area (TPSA) is 59.0 Å². The fourth-order valence-electron chi connectivity index (χ4n) is 3.12. The van der Waals surface area contributed by atoms with Crippen LogP contribution in [0.15, 0.2) is 65.8 Å².